The average molecular weight is 300 g/mol. The molecule has 0 N–H and O–H groups in total. The van der Waals surface area contributed by atoms with Gasteiger partial charge in [0.05, 0.1) is 12.2 Å². The van der Waals surface area contributed by atoms with Crippen LogP contribution in [0, 0.1) is 0 Å². The van der Waals surface area contributed by atoms with E-state index in [4.69, 9.17) is 0 Å². The fraction of sp³-hybridized carbons (Fsp3) is 0.100. The number of carbonyl (C=O) groups is 1. The van der Waals surface area contributed by atoms with Crippen molar-refractivity contribution >= 4 is 5.91 Å². The molecular formula is C20H16N2O. The van der Waals surface area contributed by atoms with Gasteiger partial charge >= 0.3 is 0 Å². The molecule has 23 heavy (non-hydrogen) atoms. The highest BCUT2D eigenvalue weighted by Crippen LogP contribution is 2.24. The van der Waals surface area contributed by atoms with Gasteiger partial charge in [0.2, 0.25) is 0 Å². The van der Waals surface area contributed by atoms with E-state index in [1.807, 2.05) is 59.5 Å². The molecule has 3 aromatic rings. The monoisotopic (exact) mass is 300 g/mol. The lowest BCUT2D eigenvalue weighted by molar-refractivity contribution is 0.0750. The Labute approximate surface area is 135 Å². The van der Waals surface area contributed by atoms with Crippen molar-refractivity contribution in [2.75, 3.05) is 0 Å². The van der Waals surface area contributed by atoms with E-state index in [0.717, 1.165) is 27.9 Å². The van der Waals surface area contributed by atoms with Gasteiger partial charge in [0, 0.05) is 18.3 Å². The first-order chi connectivity index (χ1) is 11.3. The molecule has 0 saturated carbocycles. The molecule has 3 nitrogen and oxygen atoms in total. The van der Waals surface area contributed by atoms with Crippen LogP contribution in [-0.2, 0) is 13.1 Å². The molecular weight excluding hydrogens is 284 g/mol. The third-order valence-corrected chi connectivity index (χ3v) is 4.21. The summed E-state index contributed by atoms with van der Waals surface area (Å²) in [6, 6.07) is 21.9. The number of nitrogens with zero attached hydrogens (tertiary/aromatic N) is 2. The molecule has 0 saturated heterocycles. The summed E-state index contributed by atoms with van der Waals surface area (Å²) in [5, 5.41) is 0. The molecule has 2 heterocycles. The van der Waals surface area contributed by atoms with Crippen LogP contribution < -0.4 is 0 Å². The first-order valence-corrected chi connectivity index (χ1v) is 7.69. The van der Waals surface area contributed by atoms with Crippen LogP contribution in [0.2, 0.25) is 0 Å². The largest absolute Gasteiger partial charge is 0.328 e. The maximum absolute atomic E-state index is 12.7. The summed E-state index contributed by atoms with van der Waals surface area (Å²) >= 11 is 0. The van der Waals surface area contributed by atoms with Crippen molar-refractivity contribution in [3.63, 3.8) is 0 Å². The lowest BCUT2D eigenvalue weighted by atomic mass is 10.0. The van der Waals surface area contributed by atoms with Gasteiger partial charge in [-0.05, 0) is 34.9 Å². The average Bonchev–Trinajstić information content (AvgIpc) is 3.06. The summed E-state index contributed by atoms with van der Waals surface area (Å²) in [5.74, 6) is 0.0580. The second-order valence-electron chi connectivity index (χ2n) is 5.71. The fourth-order valence-electron chi connectivity index (χ4n) is 2.96. The Morgan fingerprint density at radius 2 is 1.57 bits per heavy atom. The SMILES string of the molecule is O=C(c1ccc(-c2ccccc2)cc1)N1Cc2cccnc2C1. The van der Waals surface area contributed by atoms with Crippen LogP contribution >= 0.6 is 0 Å². The van der Waals surface area contributed by atoms with Crippen LogP contribution in [0.3, 0.4) is 0 Å². The molecule has 4 rings (SSSR count). The number of hydrogen-bond acceptors (Lipinski definition) is 2. The second-order valence-corrected chi connectivity index (χ2v) is 5.71. The van der Waals surface area contributed by atoms with E-state index in [-0.39, 0.29) is 5.91 Å². The van der Waals surface area contributed by atoms with Crippen LogP contribution in [0.15, 0.2) is 72.9 Å². The van der Waals surface area contributed by atoms with Crippen LogP contribution in [-0.4, -0.2) is 15.8 Å². The summed E-state index contributed by atoms with van der Waals surface area (Å²) < 4.78 is 0. The molecule has 112 valence electrons. The first-order valence-electron chi connectivity index (χ1n) is 7.69. The minimum absolute atomic E-state index is 0.0580. The van der Waals surface area contributed by atoms with Crippen molar-refractivity contribution in [3.05, 3.63) is 89.7 Å². The maximum atomic E-state index is 12.7. The van der Waals surface area contributed by atoms with Crippen LogP contribution in [0.4, 0.5) is 0 Å². The molecule has 0 aliphatic carbocycles. The molecule has 0 unspecified atom stereocenters. The molecule has 1 aromatic heterocycles. The van der Waals surface area contributed by atoms with Gasteiger partial charge in [-0.2, -0.15) is 0 Å². The zero-order chi connectivity index (χ0) is 15.6. The van der Waals surface area contributed by atoms with Crippen molar-refractivity contribution in [1.82, 2.24) is 9.88 Å². The Bertz CT molecular complexity index is 816. The lowest BCUT2D eigenvalue weighted by Crippen LogP contribution is -2.25. The normalized spacial score (nSPS) is 13.0. The van der Waals surface area contributed by atoms with E-state index in [2.05, 4.69) is 17.1 Å². The Morgan fingerprint density at radius 1 is 0.826 bits per heavy atom. The van der Waals surface area contributed by atoms with Crippen molar-refractivity contribution in [3.8, 4) is 11.1 Å². The molecule has 1 aliphatic rings. The summed E-state index contributed by atoms with van der Waals surface area (Å²) in [7, 11) is 0. The third kappa shape index (κ3) is 2.61. The highest BCUT2D eigenvalue weighted by molar-refractivity contribution is 5.95. The van der Waals surface area contributed by atoms with Crippen molar-refractivity contribution in [2.45, 2.75) is 13.1 Å². The van der Waals surface area contributed by atoms with Crippen LogP contribution in [0.1, 0.15) is 21.6 Å². The zero-order valence-electron chi connectivity index (χ0n) is 12.6. The van der Waals surface area contributed by atoms with E-state index in [1.165, 1.54) is 0 Å². The fourth-order valence-corrected chi connectivity index (χ4v) is 2.96. The van der Waals surface area contributed by atoms with Crippen LogP contribution in [0.5, 0.6) is 0 Å². The van der Waals surface area contributed by atoms with Gasteiger partial charge < -0.3 is 4.90 Å². The minimum Gasteiger partial charge on any atom is -0.328 e. The number of hydrogen-bond donors (Lipinski definition) is 0. The van der Waals surface area contributed by atoms with Gasteiger partial charge in [-0.3, -0.25) is 9.78 Å². The highest BCUT2D eigenvalue weighted by Gasteiger charge is 2.24. The number of fused-ring (bicyclic) bond motifs is 1. The Morgan fingerprint density at radius 3 is 2.30 bits per heavy atom. The van der Waals surface area contributed by atoms with E-state index < -0.39 is 0 Å². The van der Waals surface area contributed by atoms with Gasteiger partial charge in [0.15, 0.2) is 0 Å². The number of carbonyl (C=O) groups excluding carboxylic acids is 1. The smallest absolute Gasteiger partial charge is 0.254 e. The van der Waals surface area contributed by atoms with E-state index in [9.17, 15) is 4.79 Å². The number of benzene rings is 2. The van der Waals surface area contributed by atoms with Gasteiger partial charge in [-0.15, -0.1) is 0 Å². The molecule has 2 aromatic carbocycles. The standard InChI is InChI=1S/C20H16N2O/c23-20(22-13-18-7-4-12-21-19(18)14-22)17-10-8-16(9-11-17)15-5-2-1-3-6-15/h1-12H,13-14H2. The maximum Gasteiger partial charge on any atom is 0.254 e. The minimum atomic E-state index is 0.0580. The predicted molar refractivity (Wildman–Crippen MR) is 89.7 cm³/mol. The van der Waals surface area contributed by atoms with Gasteiger partial charge in [-0.25, -0.2) is 0 Å². The molecule has 1 amide bonds. The zero-order valence-corrected chi connectivity index (χ0v) is 12.6. The van der Waals surface area contributed by atoms with E-state index >= 15 is 0 Å². The van der Waals surface area contributed by atoms with Crippen LogP contribution in [0.25, 0.3) is 11.1 Å². The summed E-state index contributed by atoms with van der Waals surface area (Å²) in [4.78, 5) is 18.8. The molecule has 0 bridgehead atoms. The summed E-state index contributed by atoms with van der Waals surface area (Å²) in [6.07, 6.45) is 1.78. The molecule has 0 spiro atoms. The number of aromatic nitrogens is 1. The number of amides is 1. The molecule has 1 aliphatic heterocycles. The third-order valence-electron chi connectivity index (χ3n) is 4.21. The van der Waals surface area contributed by atoms with E-state index in [0.29, 0.717) is 13.1 Å². The summed E-state index contributed by atoms with van der Waals surface area (Å²) in [5.41, 5.74) is 5.14. The molecule has 0 radical (unpaired) electrons. The molecule has 0 atom stereocenters. The van der Waals surface area contributed by atoms with Gasteiger partial charge in [0.25, 0.3) is 5.91 Å². The van der Waals surface area contributed by atoms with Crippen molar-refractivity contribution < 1.29 is 4.79 Å². The number of rotatable bonds is 2. The Hall–Kier alpha value is -2.94. The highest BCUT2D eigenvalue weighted by atomic mass is 16.2. The number of pyridine rings is 1. The predicted octanol–water partition coefficient (Wildman–Crippen LogP) is 3.90. The Kier molecular flexibility index (Phi) is 3.39. The molecule has 3 heteroatoms. The van der Waals surface area contributed by atoms with E-state index in [1.54, 1.807) is 6.20 Å². The first kappa shape index (κ1) is 13.7. The quantitative estimate of drug-likeness (QED) is 0.719. The lowest BCUT2D eigenvalue weighted by Gasteiger charge is -2.15. The summed E-state index contributed by atoms with van der Waals surface area (Å²) in [6.45, 7) is 1.23. The molecule has 0 fully saturated rings. The second kappa shape index (κ2) is 5.69. The van der Waals surface area contributed by atoms with Crippen molar-refractivity contribution in [2.24, 2.45) is 0 Å². The topological polar surface area (TPSA) is 33.2 Å². The van der Waals surface area contributed by atoms with Gasteiger partial charge in [0.1, 0.15) is 0 Å². The van der Waals surface area contributed by atoms with Gasteiger partial charge in [-0.1, -0.05) is 48.5 Å². The Balaban J connectivity index is 1.54. The van der Waals surface area contributed by atoms with Crippen molar-refractivity contribution in [1.29, 1.82) is 0 Å².